The SMILES string of the molecule is COc1cccc(C#N)c1NC(=O)C(C)(C)N. The second-order valence-corrected chi connectivity index (χ2v) is 4.17. The number of para-hydroxylation sites is 1. The number of amides is 1. The monoisotopic (exact) mass is 233 g/mol. The molecule has 0 saturated carbocycles. The largest absolute Gasteiger partial charge is 0.495 e. The van der Waals surface area contributed by atoms with E-state index < -0.39 is 5.54 Å². The number of benzene rings is 1. The number of ether oxygens (including phenoxy) is 1. The molecule has 0 heterocycles. The molecule has 0 fully saturated rings. The van der Waals surface area contributed by atoms with Crippen LogP contribution in [0.4, 0.5) is 5.69 Å². The van der Waals surface area contributed by atoms with Gasteiger partial charge in [0.05, 0.1) is 18.2 Å². The van der Waals surface area contributed by atoms with Crippen LogP contribution in [0.3, 0.4) is 0 Å². The number of nitrogens with two attached hydrogens (primary N) is 1. The highest BCUT2D eigenvalue weighted by Gasteiger charge is 2.24. The fraction of sp³-hybridized carbons (Fsp3) is 0.333. The topological polar surface area (TPSA) is 88.1 Å². The number of carbonyl (C=O) groups excluding carboxylic acids is 1. The average Bonchev–Trinajstić information content (AvgIpc) is 2.28. The molecule has 0 unspecified atom stereocenters. The lowest BCUT2D eigenvalue weighted by Gasteiger charge is -2.19. The van der Waals surface area contributed by atoms with E-state index in [1.807, 2.05) is 6.07 Å². The third-order valence-electron chi connectivity index (χ3n) is 2.19. The molecule has 0 radical (unpaired) electrons. The van der Waals surface area contributed by atoms with E-state index in [2.05, 4.69) is 5.32 Å². The van der Waals surface area contributed by atoms with E-state index in [1.54, 1.807) is 32.0 Å². The quantitative estimate of drug-likeness (QED) is 0.822. The van der Waals surface area contributed by atoms with Crippen LogP contribution in [0, 0.1) is 11.3 Å². The molecule has 0 aliphatic carbocycles. The van der Waals surface area contributed by atoms with Crippen LogP contribution in [-0.4, -0.2) is 18.6 Å². The zero-order chi connectivity index (χ0) is 13.1. The van der Waals surface area contributed by atoms with Crippen molar-refractivity contribution >= 4 is 11.6 Å². The van der Waals surface area contributed by atoms with Crippen molar-refractivity contribution in [3.8, 4) is 11.8 Å². The van der Waals surface area contributed by atoms with Crippen molar-refractivity contribution in [3.63, 3.8) is 0 Å². The van der Waals surface area contributed by atoms with Crippen molar-refractivity contribution in [1.29, 1.82) is 5.26 Å². The molecule has 0 aliphatic heterocycles. The number of rotatable bonds is 3. The van der Waals surface area contributed by atoms with Gasteiger partial charge in [-0.3, -0.25) is 4.79 Å². The molecule has 0 bridgehead atoms. The summed E-state index contributed by atoms with van der Waals surface area (Å²) >= 11 is 0. The number of anilines is 1. The Morgan fingerprint density at radius 3 is 2.65 bits per heavy atom. The number of nitriles is 1. The first-order valence-electron chi connectivity index (χ1n) is 5.07. The van der Waals surface area contributed by atoms with E-state index in [-0.39, 0.29) is 5.91 Å². The Morgan fingerprint density at radius 1 is 1.53 bits per heavy atom. The molecule has 17 heavy (non-hydrogen) atoms. The number of carbonyl (C=O) groups is 1. The Morgan fingerprint density at radius 2 is 2.18 bits per heavy atom. The fourth-order valence-electron chi connectivity index (χ4n) is 1.20. The van der Waals surface area contributed by atoms with Crippen molar-refractivity contribution in [2.75, 3.05) is 12.4 Å². The molecule has 1 rings (SSSR count). The minimum atomic E-state index is -1.02. The number of hydrogen-bond donors (Lipinski definition) is 2. The Kier molecular flexibility index (Phi) is 3.71. The summed E-state index contributed by atoms with van der Waals surface area (Å²) in [6, 6.07) is 6.94. The summed E-state index contributed by atoms with van der Waals surface area (Å²) in [6.45, 7) is 3.17. The summed E-state index contributed by atoms with van der Waals surface area (Å²) in [6.07, 6.45) is 0. The molecule has 0 aromatic heterocycles. The van der Waals surface area contributed by atoms with Crippen molar-refractivity contribution in [2.45, 2.75) is 19.4 Å². The van der Waals surface area contributed by atoms with E-state index >= 15 is 0 Å². The molecule has 1 amide bonds. The average molecular weight is 233 g/mol. The molecular weight excluding hydrogens is 218 g/mol. The highest BCUT2D eigenvalue weighted by Crippen LogP contribution is 2.28. The second-order valence-electron chi connectivity index (χ2n) is 4.17. The van der Waals surface area contributed by atoms with Crippen LogP contribution in [0.2, 0.25) is 0 Å². The Labute approximate surface area is 100 Å². The van der Waals surface area contributed by atoms with Gasteiger partial charge in [0.15, 0.2) is 0 Å². The van der Waals surface area contributed by atoms with Crippen LogP contribution in [0.15, 0.2) is 18.2 Å². The normalized spacial score (nSPS) is 10.5. The molecule has 0 spiro atoms. The first-order valence-corrected chi connectivity index (χ1v) is 5.07. The first kappa shape index (κ1) is 13.0. The predicted molar refractivity (Wildman–Crippen MR) is 64.6 cm³/mol. The van der Waals surface area contributed by atoms with Gasteiger partial charge >= 0.3 is 0 Å². The van der Waals surface area contributed by atoms with Crippen LogP contribution in [0.5, 0.6) is 5.75 Å². The van der Waals surface area contributed by atoms with Gasteiger partial charge in [0.1, 0.15) is 17.5 Å². The van der Waals surface area contributed by atoms with Crippen LogP contribution in [-0.2, 0) is 4.79 Å². The summed E-state index contributed by atoms with van der Waals surface area (Å²) in [5.41, 5.74) is 5.34. The van der Waals surface area contributed by atoms with E-state index in [0.29, 0.717) is 17.0 Å². The fourth-order valence-corrected chi connectivity index (χ4v) is 1.20. The van der Waals surface area contributed by atoms with Gasteiger partial charge in [-0.05, 0) is 26.0 Å². The Bertz CT molecular complexity index is 470. The van der Waals surface area contributed by atoms with Gasteiger partial charge in [0, 0.05) is 0 Å². The van der Waals surface area contributed by atoms with Gasteiger partial charge in [-0.15, -0.1) is 0 Å². The molecule has 3 N–H and O–H groups in total. The zero-order valence-corrected chi connectivity index (χ0v) is 10.1. The molecule has 0 atom stereocenters. The molecule has 0 saturated heterocycles. The lowest BCUT2D eigenvalue weighted by atomic mass is 10.1. The molecule has 1 aromatic rings. The summed E-state index contributed by atoms with van der Waals surface area (Å²) in [5.74, 6) is 0.0557. The van der Waals surface area contributed by atoms with Crippen LogP contribution < -0.4 is 15.8 Å². The number of methoxy groups -OCH3 is 1. The maximum Gasteiger partial charge on any atom is 0.244 e. The second kappa shape index (κ2) is 4.85. The van der Waals surface area contributed by atoms with Crippen molar-refractivity contribution < 1.29 is 9.53 Å². The maximum atomic E-state index is 11.8. The smallest absolute Gasteiger partial charge is 0.244 e. The number of nitrogens with zero attached hydrogens (tertiary/aromatic N) is 1. The summed E-state index contributed by atoms with van der Waals surface area (Å²) < 4.78 is 5.09. The van der Waals surface area contributed by atoms with Gasteiger partial charge in [0.25, 0.3) is 0 Å². The van der Waals surface area contributed by atoms with Gasteiger partial charge in [-0.2, -0.15) is 5.26 Å². The zero-order valence-electron chi connectivity index (χ0n) is 10.1. The Balaban J connectivity index is 3.14. The number of nitrogens with one attached hydrogen (secondary N) is 1. The first-order chi connectivity index (χ1) is 7.90. The van der Waals surface area contributed by atoms with E-state index in [4.69, 9.17) is 15.7 Å². The molecule has 5 heteroatoms. The van der Waals surface area contributed by atoms with E-state index in [1.165, 1.54) is 7.11 Å². The van der Waals surface area contributed by atoms with Crippen LogP contribution in [0.1, 0.15) is 19.4 Å². The minimum absolute atomic E-state index is 0.335. The van der Waals surface area contributed by atoms with E-state index in [9.17, 15) is 4.79 Å². The lowest BCUT2D eigenvalue weighted by molar-refractivity contribution is -0.120. The van der Waals surface area contributed by atoms with Gasteiger partial charge in [-0.25, -0.2) is 0 Å². The lowest BCUT2D eigenvalue weighted by Crippen LogP contribution is -2.45. The molecule has 0 aliphatic rings. The summed E-state index contributed by atoms with van der Waals surface area (Å²) in [5, 5.41) is 11.6. The van der Waals surface area contributed by atoms with Crippen molar-refractivity contribution in [1.82, 2.24) is 0 Å². The van der Waals surface area contributed by atoms with Crippen molar-refractivity contribution in [3.05, 3.63) is 23.8 Å². The van der Waals surface area contributed by atoms with E-state index in [0.717, 1.165) is 0 Å². The molecule has 5 nitrogen and oxygen atoms in total. The highest BCUT2D eigenvalue weighted by atomic mass is 16.5. The maximum absolute atomic E-state index is 11.8. The van der Waals surface area contributed by atoms with Crippen LogP contribution in [0.25, 0.3) is 0 Å². The van der Waals surface area contributed by atoms with Crippen LogP contribution >= 0.6 is 0 Å². The minimum Gasteiger partial charge on any atom is -0.495 e. The van der Waals surface area contributed by atoms with Gasteiger partial charge in [-0.1, -0.05) is 6.07 Å². The third-order valence-corrected chi connectivity index (χ3v) is 2.19. The third kappa shape index (κ3) is 2.95. The summed E-state index contributed by atoms with van der Waals surface area (Å²) in [7, 11) is 1.47. The Hall–Kier alpha value is -2.06. The van der Waals surface area contributed by atoms with Gasteiger partial charge in [0.2, 0.25) is 5.91 Å². The highest BCUT2D eigenvalue weighted by molar-refractivity contribution is 5.99. The molecule has 1 aromatic carbocycles. The summed E-state index contributed by atoms with van der Waals surface area (Å²) in [4.78, 5) is 11.8. The molecular formula is C12H15N3O2. The molecule has 90 valence electrons. The number of hydrogen-bond acceptors (Lipinski definition) is 4. The standard InChI is InChI=1S/C12H15N3O2/c1-12(2,14)11(16)15-10-8(7-13)5-4-6-9(10)17-3/h4-6H,14H2,1-3H3,(H,15,16). The predicted octanol–water partition coefficient (Wildman–Crippen LogP) is 1.24. The van der Waals surface area contributed by atoms with Crippen molar-refractivity contribution in [2.24, 2.45) is 5.73 Å². The van der Waals surface area contributed by atoms with Gasteiger partial charge < -0.3 is 15.8 Å².